The quantitative estimate of drug-likeness (QED) is 0.930. The lowest BCUT2D eigenvalue weighted by atomic mass is 9.95. The molecule has 2 aromatic rings. The number of aromatic nitrogens is 2. The normalized spacial score (nSPS) is 17.4. The van der Waals surface area contributed by atoms with Gasteiger partial charge in [-0.3, -0.25) is 4.79 Å². The first kappa shape index (κ1) is 12.7. The molecule has 5 heteroatoms. The van der Waals surface area contributed by atoms with E-state index in [-0.39, 0.29) is 11.8 Å². The van der Waals surface area contributed by atoms with E-state index in [9.17, 15) is 4.79 Å². The van der Waals surface area contributed by atoms with E-state index in [0.29, 0.717) is 0 Å². The summed E-state index contributed by atoms with van der Waals surface area (Å²) in [5.74, 6) is 0.869. The average Bonchev–Trinajstić information content (AvgIpc) is 2.95. The SMILES string of the molecule is COc1ccc(NC(=O)C2CCn3cncc3C2)cc1. The Kier molecular flexibility index (Phi) is 3.41. The molecule has 0 bridgehead atoms. The molecule has 1 aliphatic heterocycles. The number of methoxy groups -OCH3 is 1. The first-order valence-corrected chi connectivity index (χ1v) is 6.70. The largest absolute Gasteiger partial charge is 0.497 e. The van der Waals surface area contributed by atoms with Gasteiger partial charge in [0.2, 0.25) is 5.91 Å². The Hall–Kier alpha value is -2.30. The number of imidazole rings is 1. The second kappa shape index (κ2) is 5.36. The second-order valence-corrected chi connectivity index (χ2v) is 4.99. The molecule has 104 valence electrons. The van der Waals surface area contributed by atoms with Crippen LogP contribution in [0, 0.1) is 5.92 Å². The molecule has 0 spiro atoms. The van der Waals surface area contributed by atoms with Gasteiger partial charge in [-0.2, -0.15) is 0 Å². The molecule has 0 saturated carbocycles. The van der Waals surface area contributed by atoms with Crippen molar-refractivity contribution >= 4 is 11.6 Å². The van der Waals surface area contributed by atoms with E-state index < -0.39 is 0 Å². The van der Waals surface area contributed by atoms with E-state index in [1.165, 1.54) is 0 Å². The summed E-state index contributed by atoms with van der Waals surface area (Å²) in [5, 5.41) is 2.96. The molecule has 1 atom stereocenters. The molecule has 2 heterocycles. The van der Waals surface area contributed by atoms with E-state index in [2.05, 4.69) is 14.9 Å². The van der Waals surface area contributed by atoms with Crippen molar-refractivity contribution in [1.29, 1.82) is 0 Å². The monoisotopic (exact) mass is 271 g/mol. The van der Waals surface area contributed by atoms with Crippen LogP contribution in [-0.4, -0.2) is 22.6 Å². The van der Waals surface area contributed by atoms with Crippen LogP contribution in [0.15, 0.2) is 36.8 Å². The van der Waals surface area contributed by atoms with Crippen molar-refractivity contribution in [3.63, 3.8) is 0 Å². The highest BCUT2D eigenvalue weighted by molar-refractivity contribution is 5.92. The lowest BCUT2D eigenvalue weighted by Crippen LogP contribution is -2.29. The number of nitrogens with one attached hydrogen (secondary N) is 1. The summed E-state index contributed by atoms with van der Waals surface area (Å²) in [7, 11) is 1.62. The lowest BCUT2D eigenvalue weighted by molar-refractivity contribution is -0.120. The molecule has 1 aromatic carbocycles. The predicted octanol–water partition coefficient (Wildman–Crippen LogP) is 2.09. The van der Waals surface area contributed by atoms with Crippen molar-refractivity contribution in [3.05, 3.63) is 42.5 Å². The van der Waals surface area contributed by atoms with Crippen LogP contribution in [0.5, 0.6) is 5.75 Å². The van der Waals surface area contributed by atoms with Crippen LogP contribution < -0.4 is 10.1 Å². The zero-order valence-electron chi connectivity index (χ0n) is 11.4. The van der Waals surface area contributed by atoms with E-state index in [1.54, 1.807) is 7.11 Å². The number of nitrogens with zero attached hydrogens (tertiary/aromatic N) is 2. The van der Waals surface area contributed by atoms with Crippen LogP contribution in [0.4, 0.5) is 5.69 Å². The summed E-state index contributed by atoms with van der Waals surface area (Å²) in [6, 6.07) is 7.38. The van der Waals surface area contributed by atoms with Gasteiger partial charge in [-0.15, -0.1) is 0 Å². The molecule has 1 aliphatic rings. The molecule has 20 heavy (non-hydrogen) atoms. The number of fused-ring (bicyclic) bond motifs is 1. The van der Waals surface area contributed by atoms with Gasteiger partial charge in [-0.1, -0.05) is 0 Å². The highest BCUT2D eigenvalue weighted by atomic mass is 16.5. The summed E-state index contributed by atoms with van der Waals surface area (Å²) in [4.78, 5) is 16.4. The minimum Gasteiger partial charge on any atom is -0.497 e. The first-order chi connectivity index (χ1) is 9.76. The van der Waals surface area contributed by atoms with Crippen LogP contribution in [-0.2, 0) is 17.8 Å². The van der Waals surface area contributed by atoms with E-state index >= 15 is 0 Å². The molecule has 0 saturated heterocycles. The fourth-order valence-electron chi connectivity index (χ4n) is 2.51. The molecule has 1 amide bonds. The number of hydrogen-bond acceptors (Lipinski definition) is 3. The molecular weight excluding hydrogens is 254 g/mol. The van der Waals surface area contributed by atoms with Crippen molar-refractivity contribution in [2.75, 3.05) is 12.4 Å². The lowest BCUT2D eigenvalue weighted by Gasteiger charge is -2.23. The van der Waals surface area contributed by atoms with Crippen molar-refractivity contribution in [1.82, 2.24) is 9.55 Å². The van der Waals surface area contributed by atoms with Gasteiger partial charge < -0.3 is 14.6 Å². The summed E-state index contributed by atoms with van der Waals surface area (Å²) in [5.41, 5.74) is 1.93. The zero-order chi connectivity index (χ0) is 13.9. The summed E-state index contributed by atoms with van der Waals surface area (Å²) in [6.45, 7) is 0.857. The predicted molar refractivity (Wildman–Crippen MR) is 75.7 cm³/mol. The molecule has 1 N–H and O–H groups in total. The maximum absolute atomic E-state index is 12.3. The first-order valence-electron chi connectivity index (χ1n) is 6.70. The van der Waals surface area contributed by atoms with Crippen LogP contribution in [0.3, 0.4) is 0 Å². The summed E-state index contributed by atoms with van der Waals surface area (Å²) < 4.78 is 7.21. The molecule has 5 nitrogen and oxygen atoms in total. The Morgan fingerprint density at radius 3 is 2.95 bits per heavy atom. The molecule has 0 radical (unpaired) electrons. The fourth-order valence-corrected chi connectivity index (χ4v) is 2.51. The number of rotatable bonds is 3. The Morgan fingerprint density at radius 2 is 2.20 bits per heavy atom. The molecule has 3 rings (SSSR count). The van der Waals surface area contributed by atoms with Crippen LogP contribution in [0.25, 0.3) is 0 Å². The number of ether oxygens (including phenoxy) is 1. The zero-order valence-corrected chi connectivity index (χ0v) is 11.4. The number of benzene rings is 1. The molecular formula is C15H17N3O2. The highest BCUT2D eigenvalue weighted by Gasteiger charge is 2.24. The van der Waals surface area contributed by atoms with Crippen LogP contribution >= 0.6 is 0 Å². The van der Waals surface area contributed by atoms with E-state index in [4.69, 9.17) is 4.74 Å². The van der Waals surface area contributed by atoms with E-state index in [1.807, 2.05) is 36.8 Å². The standard InChI is InChI=1S/C15H17N3O2/c1-20-14-4-2-12(3-5-14)17-15(19)11-6-7-18-10-16-9-13(18)8-11/h2-5,9-11H,6-8H2,1H3,(H,17,19). The number of carbonyl (C=O) groups excluding carboxylic acids is 1. The van der Waals surface area contributed by atoms with Gasteiger partial charge in [0.15, 0.2) is 0 Å². The minimum absolute atomic E-state index is 0.0151. The van der Waals surface area contributed by atoms with Crippen molar-refractivity contribution in [2.45, 2.75) is 19.4 Å². The third-order valence-electron chi connectivity index (χ3n) is 3.70. The Balaban J connectivity index is 1.65. The topological polar surface area (TPSA) is 56.1 Å². The maximum Gasteiger partial charge on any atom is 0.227 e. The van der Waals surface area contributed by atoms with Crippen molar-refractivity contribution in [2.24, 2.45) is 5.92 Å². The summed E-state index contributed by atoms with van der Waals surface area (Å²) in [6.07, 6.45) is 5.27. The Bertz CT molecular complexity index is 604. The van der Waals surface area contributed by atoms with Crippen LogP contribution in [0.2, 0.25) is 0 Å². The third-order valence-corrected chi connectivity index (χ3v) is 3.70. The van der Waals surface area contributed by atoms with Gasteiger partial charge >= 0.3 is 0 Å². The van der Waals surface area contributed by atoms with Gasteiger partial charge in [0.1, 0.15) is 5.75 Å². The Labute approximate surface area is 117 Å². The number of amides is 1. The smallest absolute Gasteiger partial charge is 0.227 e. The number of anilines is 1. The van der Waals surface area contributed by atoms with Gasteiger partial charge in [0, 0.05) is 36.5 Å². The molecule has 1 unspecified atom stereocenters. The van der Waals surface area contributed by atoms with Crippen molar-refractivity contribution in [3.8, 4) is 5.75 Å². The Morgan fingerprint density at radius 1 is 1.40 bits per heavy atom. The summed E-state index contributed by atoms with van der Waals surface area (Å²) >= 11 is 0. The molecule has 1 aromatic heterocycles. The number of hydrogen-bond donors (Lipinski definition) is 1. The van der Waals surface area contributed by atoms with Gasteiger partial charge in [-0.05, 0) is 30.7 Å². The number of carbonyl (C=O) groups is 1. The fraction of sp³-hybridized carbons (Fsp3) is 0.333. The highest BCUT2D eigenvalue weighted by Crippen LogP contribution is 2.22. The second-order valence-electron chi connectivity index (χ2n) is 4.99. The minimum atomic E-state index is 0.0151. The molecule has 0 aliphatic carbocycles. The maximum atomic E-state index is 12.3. The van der Waals surface area contributed by atoms with Gasteiger partial charge in [0.25, 0.3) is 0 Å². The van der Waals surface area contributed by atoms with Gasteiger partial charge in [0.05, 0.1) is 13.4 Å². The average molecular weight is 271 g/mol. The number of aryl methyl sites for hydroxylation is 1. The molecule has 0 fully saturated rings. The van der Waals surface area contributed by atoms with Gasteiger partial charge in [-0.25, -0.2) is 4.98 Å². The third kappa shape index (κ3) is 2.52. The van der Waals surface area contributed by atoms with Crippen LogP contribution in [0.1, 0.15) is 12.1 Å². The van der Waals surface area contributed by atoms with Crippen molar-refractivity contribution < 1.29 is 9.53 Å². The van der Waals surface area contributed by atoms with E-state index in [0.717, 1.165) is 36.5 Å².